The molecule has 12 nitrogen and oxygen atoms in total. The molecule has 2 heterocycles. The van der Waals surface area contributed by atoms with Gasteiger partial charge in [0.05, 0.1) is 17.8 Å². The Kier molecular flexibility index (Phi) is 18.0. The van der Waals surface area contributed by atoms with Gasteiger partial charge in [-0.3, -0.25) is 29.0 Å². The van der Waals surface area contributed by atoms with Gasteiger partial charge in [-0.25, -0.2) is 10.4 Å². The summed E-state index contributed by atoms with van der Waals surface area (Å²) in [6.07, 6.45) is 3.85. The fourth-order valence-electron chi connectivity index (χ4n) is 8.26. The number of esters is 2. The van der Waals surface area contributed by atoms with E-state index in [4.69, 9.17) is 53.7 Å². The highest BCUT2D eigenvalue weighted by molar-refractivity contribution is 6.99. The van der Waals surface area contributed by atoms with E-state index in [1.54, 1.807) is 20.8 Å². The topological polar surface area (TPSA) is 153 Å². The molecule has 1 aromatic heterocycles. The first-order chi connectivity index (χ1) is 31.4. The number of fused-ring (bicyclic) bond motifs is 1. The molecular weight excluding hydrogens is 931 g/mol. The van der Waals surface area contributed by atoms with E-state index >= 15 is 0 Å². The van der Waals surface area contributed by atoms with Crippen molar-refractivity contribution in [3.05, 3.63) is 108 Å². The standard InChI is InChI=1S/C51H63Cl3N4O8Si/c1-33(2)40(30-45(60)50(8,9)27-26-36-22-23-37-24-25-41(55-43(37)29-36)34(3)66-35(4)59)46(61)56-44(47(62)58-28-16-21-42(57-58)48(63)64-32-51(52,53)54)31-65-67(49(5,6)7,38-17-12-10-13-18-38)39-19-14-11-15-20-39/h10-15,17-20,22-27,29,33-34,40,42,44,57H,16,21,28,30-32H2,1-9H3,(H,56,61)/b27-26+/t34-,40+,42+,44+/m1/s1. The molecule has 0 aliphatic carbocycles. The largest absolute Gasteiger partial charge is 0.460 e. The van der Waals surface area contributed by atoms with Gasteiger partial charge in [0.25, 0.3) is 14.2 Å². The number of nitrogens with one attached hydrogen (secondary N) is 2. The zero-order chi connectivity index (χ0) is 49.3. The lowest BCUT2D eigenvalue weighted by molar-refractivity contribution is -0.153. The molecule has 5 rings (SSSR count). The van der Waals surface area contributed by atoms with E-state index in [1.165, 1.54) is 11.9 Å². The maximum Gasteiger partial charge on any atom is 0.325 e. The Morgan fingerprint density at radius 1 is 0.896 bits per heavy atom. The maximum absolute atomic E-state index is 14.8. The molecule has 1 fully saturated rings. The van der Waals surface area contributed by atoms with E-state index < -0.39 is 77.0 Å². The molecule has 2 amide bonds. The van der Waals surface area contributed by atoms with Crippen LogP contribution in [-0.2, 0) is 37.9 Å². The predicted octanol–water partition coefficient (Wildman–Crippen LogP) is 8.60. The molecule has 0 bridgehead atoms. The van der Waals surface area contributed by atoms with Gasteiger partial charge in [-0.15, -0.1) is 0 Å². The first-order valence-electron chi connectivity index (χ1n) is 22.6. The Balaban J connectivity index is 1.42. The van der Waals surface area contributed by atoms with Crippen molar-refractivity contribution in [3.63, 3.8) is 0 Å². The van der Waals surface area contributed by atoms with E-state index in [2.05, 4.69) is 31.5 Å². The van der Waals surface area contributed by atoms with E-state index in [9.17, 15) is 24.0 Å². The average Bonchev–Trinajstić information content (AvgIpc) is 3.28. The van der Waals surface area contributed by atoms with Crippen LogP contribution < -0.4 is 21.1 Å². The highest BCUT2D eigenvalue weighted by Crippen LogP contribution is 2.37. The Labute approximate surface area is 410 Å². The van der Waals surface area contributed by atoms with Crippen molar-refractivity contribution in [2.45, 2.75) is 109 Å². The number of hydrazine groups is 1. The molecule has 1 saturated heterocycles. The van der Waals surface area contributed by atoms with Gasteiger partial charge < -0.3 is 19.2 Å². The fourth-order valence-corrected chi connectivity index (χ4v) is 13.0. The Hall–Kier alpha value is -4.63. The van der Waals surface area contributed by atoms with Gasteiger partial charge in [0, 0.05) is 36.6 Å². The number of pyridine rings is 1. The third-order valence-corrected chi connectivity index (χ3v) is 17.4. The van der Waals surface area contributed by atoms with Crippen molar-refractivity contribution in [2.75, 3.05) is 19.8 Å². The number of allylic oxidation sites excluding steroid dienone is 1. The first kappa shape index (κ1) is 53.3. The third-order valence-electron chi connectivity index (χ3n) is 12.1. The molecule has 1 aliphatic heterocycles. The summed E-state index contributed by atoms with van der Waals surface area (Å²) >= 11 is 17.5. The van der Waals surface area contributed by atoms with Crippen LogP contribution in [0.3, 0.4) is 0 Å². The fraction of sp³-hybridized carbons (Fsp3) is 0.451. The number of hydrogen-bond acceptors (Lipinski definition) is 10. The summed E-state index contributed by atoms with van der Waals surface area (Å²) in [7, 11) is -3.22. The van der Waals surface area contributed by atoms with Gasteiger partial charge >= 0.3 is 11.9 Å². The second-order valence-corrected chi connectivity index (χ2v) is 25.9. The molecule has 3 aromatic carbocycles. The van der Waals surface area contributed by atoms with E-state index in [-0.39, 0.29) is 31.3 Å². The van der Waals surface area contributed by atoms with Gasteiger partial charge in [-0.05, 0) is 72.6 Å². The van der Waals surface area contributed by atoms with Crippen LogP contribution in [0.2, 0.25) is 5.04 Å². The van der Waals surface area contributed by atoms with Crippen LogP contribution in [0.1, 0.15) is 98.9 Å². The van der Waals surface area contributed by atoms with Crippen LogP contribution in [0.4, 0.5) is 0 Å². The van der Waals surface area contributed by atoms with Gasteiger partial charge in [0.2, 0.25) is 9.70 Å². The Bertz CT molecular complexity index is 2370. The second kappa shape index (κ2) is 22.6. The van der Waals surface area contributed by atoms with Crippen molar-refractivity contribution in [2.24, 2.45) is 17.3 Å². The summed E-state index contributed by atoms with van der Waals surface area (Å²) in [6, 6.07) is 27.2. The minimum Gasteiger partial charge on any atom is -0.460 e. The molecule has 360 valence electrons. The molecule has 4 atom stereocenters. The molecule has 67 heavy (non-hydrogen) atoms. The molecule has 0 saturated carbocycles. The number of nitrogens with zero attached hydrogens (tertiary/aromatic N) is 2. The van der Waals surface area contributed by atoms with Gasteiger partial charge in [-0.1, -0.05) is 160 Å². The summed E-state index contributed by atoms with van der Waals surface area (Å²) in [4.78, 5) is 73.0. The Morgan fingerprint density at radius 2 is 1.51 bits per heavy atom. The normalized spacial score (nSPS) is 16.4. The minimum absolute atomic E-state index is 0.104. The predicted molar refractivity (Wildman–Crippen MR) is 267 cm³/mol. The molecule has 0 spiro atoms. The van der Waals surface area contributed by atoms with Crippen molar-refractivity contribution in [1.82, 2.24) is 20.7 Å². The van der Waals surface area contributed by atoms with Crippen molar-refractivity contribution in [1.29, 1.82) is 0 Å². The summed E-state index contributed by atoms with van der Waals surface area (Å²) in [5.41, 5.74) is 4.14. The third kappa shape index (κ3) is 14.0. The first-order valence-corrected chi connectivity index (χ1v) is 25.6. The number of alkyl halides is 3. The number of ether oxygens (including phenoxy) is 2. The highest BCUT2D eigenvalue weighted by Gasteiger charge is 2.51. The van der Waals surface area contributed by atoms with Gasteiger partial charge in [0.15, 0.2) is 0 Å². The molecule has 4 aromatic rings. The number of Topliss-reactive ketones (excluding diaryl/α,β-unsaturated/α-hetero) is 1. The molecular formula is C51H63Cl3N4O8Si. The average molecular weight is 995 g/mol. The van der Waals surface area contributed by atoms with Crippen molar-refractivity contribution >= 4 is 100 Å². The summed E-state index contributed by atoms with van der Waals surface area (Å²) in [6.45, 7) is 16.4. The van der Waals surface area contributed by atoms with Crippen LogP contribution in [-0.4, -0.2) is 83.5 Å². The number of benzene rings is 3. The van der Waals surface area contributed by atoms with Gasteiger partial charge in [-0.2, -0.15) is 0 Å². The number of halogens is 3. The van der Waals surface area contributed by atoms with Gasteiger partial charge in [0.1, 0.15) is 30.6 Å². The second-order valence-electron chi connectivity index (χ2n) is 19.0. The summed E-state index contributed by atoms with van der Waals surface area (Å²) in [5, 5.41) is 6.76. The number of carbonyl (C=O) groups is 5. The molecule has 0 radical (unpaired) electrons. The van der Waals surface area contributed by atoms with Crippen LogP contribution >= 0.6 is 34.8 Å². The smallest absolute Gasteiger partial charge is 0.325 e. The van der Waals surface area contributed by atoms with Crippen molar-refractivity contribution in [3.8, 4) is 0 Å². The number of ketones is 1. The Morgan fingerprint density at radius 3 is 2.07 bits per heavy atom. The zero-order valence-corrected chi connectivity index (χ0v) is 43.0. The molecule has 16 heteroatoms. The minimum atomic E-state index is -3.22. The number of amides is 2. The number of rotatable bonds is 18. The van der Waals surface area contributed by atoms with Crippen LogP contribution in [0, 0.1) is 17.3 Å². The zero-order valence-electron chi connectivity index (χ0n) is 39.7. The number of aromatic nitrogens is 1. The van der Waals surface area contributed by atoms with Crippen LogP contribution in [0.5, 0.6) is 0 Å². The van der Waals surface area contributed by atoms with Crippen molar-refractivity contribution < 1.29 is 37.9 Å². The molecule has 0 unspecified atom stereocenters. The number of carbonyl (C=O) groups excluding carboxylic acids is 5. The van der Waals surface area contributed by atoms with E-state index in [0.29, 0.717) is 24.1 Å². The quantitative estimate of drug-likeness (QED) is 0.0563. The van der Waals surface area contributed by atoms with E-state index in [0.717, 1.165) is 21.3 Å². The summed E-state index contributed by atoms with van der Waals surface area (Å²) in [5.74, 6) is -3.38. The van der Waals surface area contributed by atoms with Crippen LogP contribution in [0.25, 0.3) is 17.0 Å². The lowest BCUT2D eigenvalue weighted by Crippen LogP contribution is -2.68. The summed E-state index contributed by atoms with van der Waals surface area (Å²) < 4.78 is 16.0. The highest BCUT2D eigenvalue weighted by atomic mass is 35.6. The maximum atomic E-state index is 14.8. The molecule has 2 N–H and O–H groups in total. The molecule has 1 aliphatic rings. The SMILES string of the molecule is CC(=O)O[C@H](C)c1ccc2ccc(/C=C/C(C)(C)C(=O)C[C@H](C(=O)N[C@@H](CO[Si](c3ccccc3)(c3ccccc3)C(C)(C)C)C(=O)N3CCC[C@@H](C(=O)OCC(Cl)(Cl)Cl)N3)C(C)C)cc2n1. The lowest BCUT2D eigenvalue weighted by Gasteiger charge is -2.44. The lowest BCUT2D eigenvalue weighted by atomic mass is 9.79. The monoisotopic (exact) mass is 992 g/mol. The van der Waals surface area contributed by atoms with Crippen LogP contribution in [0.15, 0.2) is 97.1 Å². The number of hydrogen-bond donors (Lipinski definition) is 2. The van der Waals surface area contributed by atoms with E-state index in [1.807, 2.05) is 117 Å².